The molecule has 174 valence electrons. The van der Waals surface area contributed by atoms with Gasteiger partial charge in [0.15, 0.2) is 0 Å². The lowest BCUT2D eigenvalue weighted by atomic mass is 9.89. The third kappa shape index (κ3) is 3.00. The van der Waals surface area contributed by atoms with Crippen molar-refractivity contribution in [3.63, 3.8) is 0 Å². The lowest BCUT2D eigenvalue weighted by Gasteiger charge is -2.31. The number of nitrogens with zero attached hydrogens (tertiary/aromatic N) is 3. The Labute approximate surface area is 190 Å². The topological polar surface area (TPSA) is 52.1 Å². The van der Waals surface area contributed by atoms with Crippen molar-refractivity contribution in [3.8, 4) is 5.69 Å². The van der Waals surface area contributed by atoms with Gasteiger partial charge >= 0.3 is 11.9 Å². The van der Waals surface area contributed by atoms with Gasteiger partial charge in [-0.1, -0.05) is 24.3 Å². The van der Waals surface area contributed by atoms with Gasteiger partial charge in [-0.15, -0.1) is 0 Å². The van der Waals surface area contributed by atoms with Crippen molar-refractivity contribution < 1.29 is 22.7 Å². The van der Waals surface area contributed by atoms with Gasteiger partial charge < -0.3 is 9.67 Å². The quantitative estimate of drug-likeness (QED) is 0.388. The van der Waals surface area contributed by atoms with Crippen LogP contribution in [0.3, 0.4) is 0 Å². The Hall–Kier alpha value is -3.85. The van der Waals surface area contributed by atoms with E-state index in [1.54, 1.807) is 24.3 Å². The lowest BCUT2D eigenvalue weighted by molar-refractivity contribution is -0.250. The first-order valence-electron chi connectivity index (χ1n) is 10.4. The maximum atomic E-state index is 14.5. The van der Waals surface area contributed by atoms with Gasteiger partial charge in [0.2, 0.25) is 5.60 Å². The molecule has 0 fully saturated rings. The van der Waals surface area contributed by atoms with Crippen LogP contribution in [0.1, 0.15) is 11.3 Å². The minimum Gasteiger partial charge on any atom is -0.371 e. The van der Waals surface area contributed by atoms with Crippen LogP contribution in [-0.4, -0.2) is 25.0 Å². The molecule has 1 unspecified atom stereocenters. The number of aryl methyl sites for hydroxylation is 2. The lowest BCUT2D eigenvalue weighted by Crippen LogP contribution is -2.44. The van der Waals surface area contributed by atoms with Crippen LogP contribution in [-0.2, 0) is 19.7 Å². The van der Waals surface area contributed by atoms with Crippen LogP contribution >= 0.6 is 0 Å². The molecule has 0 amide bonds. The summed E-state index contributed by atoms with van der Waals surface area (Å²) in [6, 6.07) is 17.0. The molecular formula is C25H19F4N3O2. The third-order valence-electron chi connectivity index (χ3n) is 6.29. The van der Waals surface area contributed by atoms with Gasteiger partial charge in [-0.05, 0) is 53.9 Å². The van der Waals surface area contributed by atoms with Gasteiger partial charge in [0.05, 0.1) is 22.4 Å². The molecule has 0 saturated carbocycles. The van der Waals surface area contributed by atoms with Crippen LogP contribution in [0, 0.1) is 5.82 Å². The fourth-order valence-corrected chi connectivity index (χ4v) is 4.49. The van der Waals surface area contributed by atoms with E-state index in [0.29, 0.717) is 22.1 Å². The summed E-state index contributed by atoms with van der Waals surface area (Å²) in [5.74, 6) is -0.482. The second-order valence-corrected chi connectivity index (χ2v) is 8.21. The van der Waals surface area contributed by atoms with Crippen LogP contribution in [0.25, 0.3) is 27.6 Å². The minimum atomic E-state index is -5.05. The van der Waals surface area contributed by atoms with Crippen molar-refractivity contribution in [2.45, 2.75) is 11.8 Å². The summed E-state index contributed by atoms with van der Waals surface area (Å²) in [7, 11) is 2.89. The predicted octanol–water partition coefficient (Wildman–Crippen LogP) is 4.76. The van der Waals surface area contributed by atoms with Crippen LogP contribution in [0.5, 0.6) is 0 Å². The molecular weight excluding hydrogens is 450 g/mol. The molecule has 0 aliphatic carbocycles. The first kappa shape index (κ1) is 22.0. The summed E-state index contributed by atoms with van der Waals surface area (Å²) in [6.45, 7) is 0. The Morgan fingerprint density at radius 2 is 1.47 bits per heavy atom. The molecule has 1 atom stereocenters. The number of halogens is 4. The molecule has 5 nitrogen and oxygen atoms in total. The fourth-order valence-electron chi connectivity index (χ4n) is 4.49. The smallest absolute Gasteiger partial charge is 0.371 e. The second kappa shape index (κ2) is 7.33. The largest absolute Gasteiger partial charge is 0.427 e. The van der Waals surface area contributed by atoms with E-state index in [9.17, 15) is 27.5 Å². The van der Waals surface area contributed by atoms with Gasteiger partial charge in [0.1, 0.15) is 5.82 Å². The molecule has 3 aromatic carbocycles. The molecule has 0 aliphatic heterocycles. The molecule has 34 heavy (non-hydrogen) atoms. The number of fused-ring (bicyclic) bond motifs is 2. The van der Waals surface area contributed by atoms with Crippen molar-refractivity contribution in [1.29, 1.82) is 0 Å². The van der Waals surface area contributed by atoms with Gasteiger partial charge in [-0.25, -0.2) is 9.18 Å². The van der Waals surface area contributed by atoms with E-state index in [1.807, 2.05) is 0 Å². The van der Waals surface area contributed by atoms with E-state index in [-0.39, 0.29) is 11.2 Å². The Balaban J connectivity index is 1.77. The molecule has 0 bridgehead atoms. The number of para-hydroxylation sites is 1. The highest BCUT2D eigenvalue weighted by atomic mass is 19.4. The van der Waals surface area contributed by atoms with Crippen molar-refractivity contribution in [2.24, 2.45) is 14.1 Å². The van der Waals surface area contributed by atoms with Gasteiger partial charge in [0.25, 0.3) is 0 Å². The summed E-state index contributed by atoms with van der Waals surface area (Å²) in [6.07, 6.45) is -5.05. The standard InChI is InChI=1S/C25H19F4N3O2/c1-30-19-6-4-3-5-15(19)13-22(30)24(34,25(27,28)29)16-7-12-20-21(14-16)31(2)23(33)32(20)18-10-8-17(26)9-11-18/h3-14,34H,1-2H3. The first-order valence-corrected chi connectivity index (χ1v) is 10.4. The summed E-state index contributed by atoms with van der Waals surface area (Å²) in [5.41, 5.74) is -3.20. The monoisotopic (exact) mass is 469 g/mol. The van der Waals surface area contributed by atoms with E-state index < -0.39 is 28.8 Å². The van der Waals surface area contributed by atoms with E-state index in [1.165, 1.54) is 70.3 Å². The zero-order valence-electron chi connectivity index (χ0n) is 18.1. The van der Waals surface area contributed by atoms with Crippen LogP contribution < -0.4 is 5.69 Å². The maximum Gasteiger partial charge on any atom is 0.427 e. The number of benzene rings is 3. The van der Waals surface area contributed by atoms with Crippen LogP contribution in [0.2, 0.25) is 0 Å². The van der Waals surface area contributed by atoms with Gasteiger partial charge in [-0.3, -0.25) is 9.13 Å². The molecule has 0 radical (unpaired) electrons. The predicted molar refractivity (Wildman–Crippen MR) is 120 cm³/mol. The number of hydrogen-bond donors (Lipinski definition) is 1. The Kier molecular flexibility index (Phi) is 4.73. The molecule has 2 aromatic heterocycles. The van der Waals surface area contributed by atoms with E-state index in [4.69, 9.17) is 0 Å². The average molecular weight is 469 g/mol. The second-order valence-electron chi connectivity index (χ2n) is 8.21. The maximum absolute atomic E-state index is 14.5. The SMILES string of the molecule is Cn1c(C(O)(c2ccc3c(c2)n(C)c(=O)n3-c2ccc(F)cc2)C(F)(F)F)cc2ccccc21. The third-order valence-corrected chi connectivity index (χ3v) is 6.29. The Morgan fingerprint density at radius 3 is 2.12 bits per heavy atom. The number of aromatic nitrogens is 3. The number of aliphatic hydroxyl groups is 1. The van der Waals surface area contributed by atoms with E-state index >= 15 is 0 Å². The average Bonchev–Trinajstić information content (AvgIpc) is 3.27. The zero-order valence-corrected chi connectivity index (χ0v) is 18.1. The van der Waals surface area contributed by atoms with Crippen molar-refractivity contribution in [2.75, 3.05) is 0 Å². The zero-order chi connectivity index (χ0) is 24.4. The summed E-state index contributed by atoms with van der Waals surface area (Å²) in [5, 5.41) is 11.8. The number of hydrogen-bond acceptors (Lipinski definition) is 2. The fraction of sp³-hybridized carbons (Fsp3) is 0.160. The first-order chi connectivity index (χ1) is 16.0. The van der Waals surface area contributed by atoms with Crippen molar-refractivity contribution in [3.05, 3.63) is 100 Å². The Bertz CT molecular complexity index is 1610. The highest BCUT2D eigenvalue weighted by Crippen LogP contribution is 2.46. The minimum absolute atomic E-state index is 0.188. The molecule has 1 N–H and O–H groups in total. The summed E-state index contributed by atoms with van der Waals surface area (Å²) < 4.78 is 60.6. The van der Waals surface area contributed by atoms with Crippen LogP contribution in [0.4, 0.5) is 17.6 Å². The Morgan fingerprint density at radius 1 is 0.794 bits per heavy atom. The number of imidazole rings is 1. The molecule has 5 aromatic rings. The molecule has 0 aliphatic rings. The van der Waals surface area contributed by atoms with E-state index in [0.717, 1.165) is 6.07 Å². The van der Waals surface area contributed by atoms with Gasteiger partial charge in [0, 0.05) is 25.2 Å². The van der Waals surface area contributed by atoms with Crippen molar-refractivity contribution >= 4 is 21.9 Å². The number of rotatable bonds is 3. The normalized spacial score (nSPS) is 14.1. The van der Waals surface area contributed by atoms with Crippen molar-refractivity contribution in [1.82, 2.24) is 13.7 Å². The van der Waals surface area contributed by atoms with Gasteiger partial charge in [-0.2, -0.15) is 13.2 Å². The molecule has 2 heterocycles. The highest BCUT2D eigenvalue weighted by molar-refractivity contribution is 5.83. The highest BCUT2D eigenvalue weighted by Gasteiger charge is 2.58. The number of alkyl halides is 3. The van der Waals surface area contributed by atoms with E-state index in [2.05, 4.69) is 0 Å². The summed E-state index contributed by atoms with van der Waals surface area (Å²) >= 11 is 0. The molecule has 5 rings (SSSR count). The molecule has 0 saturated heterocycles. The molecule has 9 heteroatoms. The van der Waals surface area contributed by atoms with Crippen LogP contribution in [0.15, 0.2) is 77.6 Å². The summed E-state index contributed by atoms with van der Waals surface area (Å²) in [4.78, 5) is 12.9. The molecule has 0 spiro atoms.